The lowest BCUT2D eigenvalue weighted by atomic mass is 9.83. The van der Waals surface area contributed by atoms with E-state index in [-0.39, 0.29) is 4.90 Å². The van der Waals surface area contributed by atoms with Gasteiger partial charge in [-0.2, -0.15) is 0 Å². The normalized spacial score (nSPS) is 17.3. The smallest absolute Gasteiger partial charge is 0.240 e. The van der Waals surface area contributed by atoms with Crippen molar-refractivity contribution in [2.75, 3.05) is 20.1 Å². The molecule has 0 aromatic heterocycles. The average Bonchev–Trinajstić information content (AvgIpc) is 3.14. The van der Waals surface area contributed by atoms with Crippen LogP contribution in [0.5, 0.6) is 0 Å². The molecule has 1 saturated carbocycles. The molecule has 0 saturated heterocycles. The van der Waals surface area contributed by atoms with Gasteiger partial charge in [-0.05, 0) is 56.3 Å². The van der Waals surface area contributed by atoms with Gasteiger partial charge in [-0.25, -0.2) is 18.1 Å². The highest BCUT2D eigenvalue weighted by atomic mass is 32.2. The molecular weight excluding hydrogens is 348 g/mol. The quantitative estimate of drug-likeness (QED) is 0.478. The summed E-state index contributed by atoms with van der Waals surface area (Å²) < 4.78 is 25.9. The SMILES string of the molecule is CCNC(=NCc1ccc(S(=O)(=O)NC)cc1)NCC1(CC)CCCC1. The summed E-state index contributed by atoms with van der Waals surface area (Å²) in [5, 5.41) is 6.80. The lowest BCUT2D eigenvalue weighted by Gasteiger charge is -2.28. The molecule has 0 amide bonds. The van der Waals surface area contributed by atoms with Crippen molar-refractivity contribution < 1.29 is 8.42 Å². The predicted octanol–water partition coefficient (Wildman–Crippen LogP) is 2.62. The Labute approximate surface area is 157 Å². The number of guanidine groups is 1. The third-order valence-corrected chi connectivity index (χ3v) is 6.74. The van der Waals surface area contributed by atoms with Gasteiger partial charge in [0.25, 0.3) is 0 Å². The largest absolute Gasteiger partial charge is 0.357 e. The number of benzene rings is 1. The van der Waals surface area contributed by atoms with E-state index in [0.29, 0.717) is 12.0 Å². The molecule has 2 rings (SSSR count). The average molecular weight is 381 g/mol. The first-order valence-corrected chi connectivity index (χ1v) is 11.0. The van der Waals surface area contributed by atoms with Gasteiger partial charge in [0.05, 0.1) is 11.4 Å². The first kappa shape index (κ1) is 20.7. The number of sulfonamides is 1. The minimum atomic E-state index is -3.39. The molecule has 0 bridgehead atoms. The van der Waals surface area contributed by atoms with Crippen LogP contribution in [0.1, 0.15) is 51.5 Å². The van der Waals surface area contributed by atoms with Gasteiger partial charge in [-0.3, -0.25) is 0 Å². The van der Waals surface area contributed by atoms with Crippen molar-refractivity contribution in [2.45, 2.75) is 57.4 Å². The summed E-state index contributed by atoms with van der Waals surface area (Å²) in [6, 6.07) is 6.84. The molecule has 26 heavy (non-hydrogen) atoms. The van der Waals surface area contributed by atoms with Crippen LogP contribution in [0, 0.1) is 5.41 Å². The Hall–Kier alpha value is -1.60. The van der Waals surface area contributed by atoms with Gasteiger partial charge in [0.2, 0.25) is 10.0 Å². The maximum absolute atomic E-state index is 11.8. The summed E-state index contributed by atoms with van der Waals surface area (Å²) in [4.78, 5) is 4.92. The molecule has 3 N–H and O–H groups in total. The summed E-state index contributed by atoms with van der Waals surface area (Å²) in [5.74, 6) is 0.819. The molecule has 146 valence electrons. The summed E-state index contributed by atoms with van der Waals surface area (Å²) >= 11 is 0. The summed E-state index contributed by atoms with van der Waals surface area (Å²) in [7, 11) is -1.98. The van der Waals surface area contributed by atoms with E-state index in [1.807, 2.05) is 12.1 Å². The van der Waals surface area contributed by atoms with Crippen LogP contribution >= 0.6 is 0 Å². The molecule has 1 aromatic rings. The summed E-state index contributed by atoms with van der Waals surface area (Å²) in [6.45, 7) is 6.60. The molecule has 6 nitrogen and oxygen atoms in total. The van der Waals surface area contributed by atoms with E-state index in [0.717, 1.165) is 24.6 Å². The fraction of sp³-hybridized carbons (Fsp3) is 0.632. The van der Waals surface area contributed by atoms with Crippen molar-refractivity contribution in [1.82, 2.24) is 15.4 Å². The zero-order valence-electron chi connectivity index (χ0n) is 16.1. The van der Waals surface area contributed by atoms with Crippen molar-refractivity contribution in [2.24, 2.45) is 10.4 Å². The summed E-state index contributed by atoms with van der Waals surface area (Å²) in [6.07, 6.45) is 6.42. The number of rotatable bonds is 8. The van der Waals surface area contributed by atoms with Crippen LogP contribution in [0.15, 0.2) is 34.2 Å². The van der Waals surface area contributed by atoms with Crippen LogP contribution in [0.2, 0.25) is 0 Å². The van der Waals surface area contributed by atoms with Gasteiger partial charge < -0.3 is 10.6 Å². The third-order valence-electron chi connectivity index (χ3n) is 5.31. The summed E-state index contributed by atoms with van der Waals surface area (Å²) in [5.41, 5.74) is 1.38. The van der Waals surface area contributed by atoms with Gasteiger partial charge in [0.15, 0.2) is 5.96 Å². The van der Waals surface area contributed by atoms with E-state index in [9.17, 15) is 8.42 Å². The highest BCUT2D eigenvalue weighted by molar-refractivity contribution is 7.89. The number of hydrogen-bond acceptors (Lipinski definition) is 3. The zero-order chi connectivity index (χ0) is 19.0. The van der Waals surface area contributed by atoms with Crippen LogP contribution < -0.4 is 15.4 Å². The van der Waals surface area contributed by atoms with Gasteiger partial charge in [0, 0.05) is 13.1 Å². The lowest BCUT2D eigenvalue weighted by molar-refractivity contribution is 0.283. The van der Waals surface area contributed by atoms with E-state index in [1.165, 1.54) is 39.2 Å². The van der Waals surface area contributed by atoms with Crippen molar-refractivity contribution >= 4 is 16.0 Å². The number of aliphatic imine (C=N–C) groups is 1. The van der Waals surface area contributed by atoms with Crippen LogP contribution in [0.25, 0.3) is 0 Å². The van der Waals surface area contributed by atoms with E-state index < -0.39 is 10.0 Å². The molecule has 7 heteroatoms. The van der Waals surface area contributed by atoms with E-state index in [4.69, 9.17) is 0 Å². The molecule has 0 radical (unpaired) electrons. The first-order valence-electron chi connectivity index (χ1n) is 9.49. The van der Waals surface area contributed by atoms with Crippen LogP contribution in [0.4, 0.5) is 0 Å². The second kappa shape index (κ2) is 9.37. The van der Waals surface area contributed by atoms with Crippen molar-refractivity contribution in [3.05, 3.63) is 29.8 Å². The standard InChI is InChI=1S/C19H32N4O2S/c1-4-19(12-6-7-13-19)15-23-18(21-5-2)22-14-16-8-10-17(11-9-16)26(24,25)20-3/h8-11,20H,4-7,12-15H2,1-3H3,(H2,21,22,23). The molecular formula is C19H32N4O2S. The minimum Gasteiger partial charge on any atom is -0.357 e. The number of hydrogen-bond donors (Lipinski definition) is 3. The topological polar surface area (TPSA) is 82.6 Å². The van der Waals surface area contributed by atoms with Crippen LogP contribution in [0.3, 0.4) is 0 Å². The first-order chi connectivity index (χ1) is 12.4. The Morgan fingerprint density at radius 3 is 2.31 bits per heavy atom. The highest BCUT2D eigenvalue weighted by Crippen LogP contribution is 2.40. The number of nitrogens with one attached hydrogen (secondary N) is 3. The number of nitrogens with zero attached hydrogens (tertiary/aromatic N) is 1. The van der Waals surface area contributed by atoms with Crippen molar-refractivity contribution in [3.8, 4) is 0 Å². The molecule has 0 spiro atoms. The Morgan fingerprint density at radius 1 is 1.12 bits per heavy atom. The fourth-order valence-corrected chi connectivity index (χ4v) is 4.19. The Bertz CT molecular complexity index is 693. The molecule has 1 aromatic carbocycles. The van der Waals surface area contributed by atoms with Crippen LogP contribution in [-0.2, 0) is 16.6 Å². The van der Waals surface area contributed by atoms with E-state index in [1.54, 1.807) is 12.1 Å². The molecule has 0 heterocycles. The molecule has 0 aliphatic heterocycles. The molecule has 0 atom stereocenters. The highest BCUT2D eigenvalue weighted by Gasteiger charge is 2.31. The van der Waals surface area contributed by atoms with Gasteiger partial charge in [0.1, 0.15) is 0 Å². The van der Waals surface area contributed by atoms with Crippen molar-refractivity contribution in [3.63, 3.8) is 0 Å². The third kappa shape index (κ3) is 5.45. The molecule has 1 aliphatic rings. The monoisotopic (exact) mass is 380 g/mol. The van der Waals surface area contributed by atoms with Crippen molar-refractivity contribution in [1.29, 1.82) is 0 Å². The van der Waals surface area contributed by atoms with Crippen LogP contribution in [-0.4, -0.2) is 34.5 Å². The van der Waals surface area contributed by atoms with Gasteiger partial charge >= 0.3 is 0 Å². The van der Waals surface area contributed by atoms with Gasteiger partial charge in [-0.1, -0.05) is 31.9 Å². The second-order valence-electron chi connectivity index (χ2n) is 6.96. The van der Waals surface area contributed by atoms with Gasteiger partial charge in [-0.15, -0.1) is 0 Å². The molecule has 1 aliphatic carbocycles. The lowest BCUT2D eigenvalue weighted by Crippen LogP contribution is -2.42. The zero-order valence-corrected chi connectivity index (χ0v) is 17.0. The molecule has 0 unspecified atom stereocenters. The fourth-order valence-electron chi connectivity index (χ4n) is 3.46. The predicted molar refractivity (Wildman–Crippen MR) is 107 cm³/mol. The minimum absolute atomic E-state index is 0.267. The van der Waals surface area contributed by atoms with E-state index in [2.05, 4.69) is 34.2 Å². The maximum Gasteiger partial charge on any atom is 0.240 e. The maximum atomic E-state index is 11.8. The van der Waals surface area contributed by atoms with E-state index >= 15 is 0 Å². The second-order valence-corrected chi connectivity index (χ2v) is 8.85. The Balaban J connectivity index is 2.00. The Morgan fingerprint density at radius 2 is 1.77 bits per heavy atom. The molecule has 1 fully saturated rings. The Kier molecular flexibility index (Phi) is 7.46.